The van der Waals surface area contributed by atoms with Crippen LogP contribution in [0.2, 0.25) is 0 Å². The molecule has 3 heterocycles. The fourth-order valence-electron chi connectivity index (χ4n) is 8.49. The number of benzene rings is 3. The van der Waals surface area contributed by atoms with Crippen molar-refractivity contribution >= 4 is 29.4 Å². The van der Waals surface area contributed by atoms with Gasteiger partial charge in [-0.3, -0.25) is 19.2 Å². The molecule has 2 bridgehead atoms. The number of aliphatic hydroxyl groups is 1. The molecule has 3 aliphatic heterocycles. The molecule has 54 heavy (non-hydrogen) atoms. The van der Waals surface area contributed by atoms with Crippen molar-refractivity contribution < 1.29 is 38.5 Å². The second kappa shape index (κ2) is 16.4. The van der Waals surface area contributed by atoms with Crippen molar-refractivity contribution in [3.8, 4) is 5.75 Å². The number of likely N-dealkylation sites (tertiary alicyclic amines) is 1. The van der Waals surface area contributed by atoms with E-state index in [1.807, 2.05) is 55.5 Å². The Labute approximate surface area is 316 Å². The van der Waals surface area contributed by atoms with E-state index in [9.17, 15) is 14.7 Å². The maximum Gasteiger partial charge on any atom is 0.313 e. The standard InChI is InChI=1S/C43H49N3O8/c1-6-8-19-35(48)44(4)28(3)38(30-17-13-10-14-18-30)53-42(51)36-34-24-25-43(54-34)37(36)40(49)46(33(27-47)29-15-11-9-12-16-29)39(43)41(50)45(26-7-2)31-20-22-32(52-5)23-21-31/h6-7,9-18,20-23,28,33-34,36-39,47H,1-2,8,19,24-27H2,3-5H3/t28-,33+,34-,36+,37+,38+,39-,43+/m0/s1. The van der Waals surface area contributed by atoms with Crippen molar-refractivity contribution in [3.05, 3.63) is 121 Å². The number of hydrogen-bond acceptors (Lipinski definition) is 8. The number of esters is 1. The first-order chi connectivity index (χ1) is 26.1. The Morgan fingerprint density at radius 3 is 2.24 bits per heavy atom. The first-order valence-electron chi connectivity index (χ1n) is 18.5. The minimum atomic E-state index is -1.37. The molecule has 3 amide bonds. The summed E-state index contributed by atoms with van der Waals surface area (Å²) in [5.74, 6) is -3.13. The van der Waals surface area contributed by atoms with E-state index in [1.54, 1.807) is 72.5 Å². The van der Waals surface area contributed by atoms with Crippen LogP contribution in [0.1, 0.15) is 55.9 Å². The van der Waals surface area contributed by atoms with Crippen molar-refractivity contribution in [3.63, 3.8) is 0 Å². The van der Waals surface area contributed by atoms with Gasteiger partial charge in [0.15, 0.2) is 0 Å². The van der Waals surface area contributed by atoms with Crippen molar-refractivity contribution in [1.29, 1.82) is 0 Å². The van der Waals surface area contributed by atoms with Gasteiger partial charge >= 0.3 is 5.97 Å². The van der Waals surface area contributed by atoms with E-state index in [0.29, 0.717) is 41.8 Å². The summed E-state index contributed by atoms with van der Waals surface area (Å²) in [6.45, 7) is 9.10. The number of nitrogens with zero attached hydrogens (tertiary/aromatic N) is 3. The largest absolute Gasteiger partial charge is 0.497 e. The van der Waals surface area contributed by atoms with Crippen LogP contribution in [0.15, 0.2) is 110 Å². The third-order valence-electron chi connectivity index (χ3n) is 11.3. The van der Waals surface area contributed by atoms with E-state index in [4.69, 9.17) is 14.2 Å². The highest BCUT2D eigenvalue weighted by Crippen LogP contribution is 2.60. The molecule has 0 aromatic heterocycles. The third-order valence-corrected chi connectivity index (χ3v) is 11.3. The van der Waals surface area contributed by atoms with Gasteiger partial charge in [0.25, 0.3) is 5.91 Å². The number of amides is 3. The summed E-state index contributed by atoms with van der Waals surface area (Å²) in [7, 11) is 3.24. The normalized spacial score (nSPS) is 24.2. The van der Waals surface area contributed by atoms with Gasteiger partial charge < -0.3 is 34.0 Å². The lowest BCUT2D eigenvalue weighted by atomic mass is 9.70. The molecule has 0 radical (unpaired) electrons. The lowest BCUT2D eigenvalue weighted by Crippen LogP contribution is -2.57. The molecule has 3 aromatic carbocycles. The summed E-state index contributed by atoms with van der Waals surface area (Å²) in [5, 5.41) is 10.9. The highest BCUT2D eigenvalue weighted by atomic mass is 16.6. The molecule has 3 fully saturated rings. The number of aliphatic hydroxyl groups excluding tert-OH is 1. The Morgan fingerprint density at radius 1 is 1.00 bits per heavy atom. The predicted octanol–water partition coefficient (Wildman–Crippen LogP) is 5.42. The van der Waals surface area contributed by atoms with E-state index >= 15 is 9.59 Å². The number of allylic oxidation sites excluding steroid dienone is 1. The van der Waals surface area contributed by atoms with Crippen molar-refractivity contribution in [2.75, 3.05) is 32.2 Å². The van der Waals surface area contributed by atoms with Crippen LogP contribution in [0.25, 0.3) is 0 Å². The van der Waals surface area contributed by atoms with E-state index in [-0.39, 0.29) is 18.9 Å². The van der Waals surface area contributed by atoms with Crippen LogP contribution >= 0.6 is 0 Å². The molecular weight excluding hydrogens is 686 g/mol. The molecule has 6 rings (SSSR count). The highest BCUT2D eigenvalue weighted by molar-refractivity contribution is 6.05. The number of hydrogen-bond donors (Lipinski definition) is 1. The zero-order valence-corrected chi connectivity index (χ0v) is 31.1. The molecule has 1 N–H and O–H groups in total. The molecule has 1 spiro atoms. The quantitative estimate of drug-likeness (QED) is 0.153. The Balaban J connectivity index is 1.40. The molecule has 0 unspecified atom stereocenters. The number of rotatable bonds is 16. The van der Waals surface area contributed by atoms with Gasteiger partial charge in [0.05, 0.1) is 43.7 Å². The molecule has 11 nitrogen and oxygen atoms in total. The Bertz CT molecular complexity index is 1840. The molecular formula is C43H49N3O8. The second-order valence-corrected chi connectivity index (χ2v) is 14.2. The molecule has 284 valence electrons. The molecule has 0 aliphatic carbocycles. The Hall–Kier alpha value is -5.26. The van der Waals surface area contributed by atoms with E-state index in [1.165, 1.54) is 4.90 Å². The topological polar surface area (TPSA) is 126 Å². The Kier molecular flexibility index (Phi) is 11.7. The van der Waals surface area contributed by atoms with Crippen molar-refractivity contribution in [1.82, 2.24) is 9.80 Å². The van der Waals surface area contributed by atoms with Crippen LogP contribution in [0.3, 0.4) is 0 Å². The summed E-state index contributed by atoms with van der Waals surface area (Å²) < 4.78 is 18.5. The maximum absolute atomic E-state index is 15.1. The monoisotopic (exact) mass is 735 g/mol. The van der Waals surface area contributed by atoms with Gasteiger partial charge in [-0.25, -0.2) is 0 Å². The molecule has 8 atom stereocenters. The van der Waals surface area contributed by atoms with Crippen molar-refractivity contribution in [2.45, 2.75) is 68.5 Å². The SMILES string of the molecule is C=CCCC(=O)N(C)[C@@H](C)[C@@H](OC(=O)[C@@H]1[C@@H]2CC[C@]3(O2)[C@H](C(=O)N(CC=C)c2ccc(OC)cc2)N([C@H](CO)c2ccccc2)C(=O)[C@@H]13)c1ccccc1. The zero-order chi connectivity index (χ0) is 38.6. The number of likely N-dealkylation sites (N-methyl/N-ethyl adjacent to an activating group) is 1. The highest BCUT2D eigenvalue weighted by Gasteiger charge is 2.76. The van der Waals surface area contributed by atoms with Gasteiger partial charge in [0.1, 0.15) is 23.5 Å². The molecule has 0 saturated carbocycles. The van der Waals surface area contributed by atoms with Gasteiger partial charge in [-0.1, -0.05) is 72.8 Å². The van der Waals surface area contributed by atoms with Crippen LogP contribution in [0, 0.1) is 11.8 Å². The summed E-state index contributed by atoms with van der Waals surface area (Å²) in [6.07, 6.45) is 3.29. The average Bonchev–Trinajstić information content (AvgIpc) is 3.85. The fourth-order valence-corrected chi connectivity index (χ4v) is 8.49. The summed E-state index contributed by atoms with van der Waals surface area (Å²) in [6, 6.07) is 22.6. The van der Waals surface area contributed by atoms with Gasteiger partial charge in [-0.2, -0.15) is 0 Å². The van der Waals surface area contributed by atoms with Crippen LogP contribution in [0.5, 0.6) is 5.75 Å². The smallest absolute Gasteiger partial charge is 0.313 e. The minimum Gasteiger partial charge on any atom is -0.497 e. The molecule has 3 saturated heterocycles. The Morgan fingerprint density at radius 2 is 1.65 bits per heavy atom. The van der Waals surface area contributed by atoms with Crippen LogP contribution in [-0.4, -0.2) is 89.7 Å². The van der Waals surface area contributed by atoms with E-state index < -0.39 is 72.2 Å². The number of fused-ring (bicyclic) bond motifs is 1. The maximum atomic E-state index is 15.1. The lowest BCUT2D eigenvalue weighted by molar-refractivity contribution is -0.165. The summed E-state index contributed by atoms with van der Waals surface area (Å²) in [4.78, 5) is 62.4. The van der Waals surface area contributed by atoms with E-state index in [2.05, 4.69) is 13.2 Å². The van der Waals surface area contributed by atoms with Gasteiger partial charge in [-0.05, 0) is 61.6 Å². The predicted molar refractivity (Wildman–Crippen MR) is 203 cm³/mol. The second-order valence-electron chi connectivity index (χ2n) is 14.2. The lowest BCUT2D eigenvalue weighted by Gasteiger charge is -2.39. The van der Waals surface area contributed by atoms with Gasteiger partial charge in [-0.15, -0.1) is 13.2 Å². The summed E-state index contributed by atoms with van der Waals surface area (Å²) in [5.41, 5.74) is 0.514. The minimum absolute atomic E-state index is 0.124. The van der Waals surface area contributed by atoms with Crippen LogP contribution < -0.4 is 9.64 Å². The number of ether oxygens (including phenoxy) is 3. The number of carbonyl (C=O) groups is 4. The number of methoxy groups -OCH3 is 1. The first-order valence-corrected chi connectivity index (χ1v) is 18.5. The van der Waals surface area contributed by atoms with Crippen LogP contribution in [0.4, 0.5) is 5.69 Å². The van der Waals surface area contributed by atoms with Gasteiger partial charge in [0.2, 0.25) is 11.8 Å². The third kappa shape index (κ3) is 6.94. The van der Waals surface area contributed by atoms with Crippen LogP contribution in [-0.2, 0) is 28.7 Å². The summed E-state index contributed by atoms with van der Waals surface area (Å²) >= 11 is 0. The number of anilines is 1. The zero-order valence-electron chi connectivity index (χ0n) is 31.1. The van der Waals surface area contributed by atoms with Gasteiger partial charge in [0, 0.05) is 25.7 Å². The molecule has 3 aliphatic rings. The number of carbonyl (C=O) groups excluding carboxylic acids is 4. The van der Waals surface area contributed by atoms with E-state index in [0.717, 1.165) is 0 Å². The molecule has 3 aromatic rings. The molecule has 11 heteroatoms. The van der Waals surface area contributed by atoms with Crippen molar-refractivity contribution in [2.24, 2.45) is 11.8 Å². The average molecular weight is 736 g/mol. The fraction of sp³-hybridized carbons (Fsp3) is 0.395. The first kappa shape index (κ1) is 38.5.